The van der Waals surface area contributed by atoms with Crippen LogP contribution in [0.3, 0.4) is 0 Å². The Labute approximate surface area is 85.1 Å². The summed E-state index contributed by atoms with van der Waals surface area (Å²) < 4.78 is 1.21. The molecule has 0 saturated heterocycles. The second-order valence-corrected chi connectivity index (χ2v) is 5.96. The topological polar surface area (TPSA) is 26.0 Å². The van der Waals surface area contributed by atoms with Crippen LogP contribution in [-0.2, 0) is 6.42 Å². The molecule has 1 aromatic rings. The molecular weight excluding hydrogens is 234 g/mol. The zero-order valence-corrected chi connectivity index (χ0v) is 9.20. The molecule has 1 unspecified atom stereocenters. The van der Waals surface area contributed by atoms with Crippen LogP contribution in [-0.4, -0.2) is 6.04 Å². The number of rotatable bonds is 3. The van der Waals surface area contributed by atoms with E-state index in [9.17, 15) is 0 Å². The van der Waals surface area contributed by atoms with Gasteiger partial charge < -0.3 is 5.73 Å². The van der Waals surface area contributed by atoms with Gasteiger partial charge in [0.1, 0.15) is 0 Å². The summed E-state index contributed by atoms with van der Waals surface area (Å²) >= 11 is 5.25. The third-order valence-corrected chi connectivity index (χ3v) is 3.94. The van der Waals surface area contributed by atoms with E-state index in [4.69, 9.17) is 5.73 Å². The summed E-state index contributed by atoms with van der Waals surface area (Å²) in [5.41, 5.74) is 6.01. The van der Waals surface area contributed by atoms with Gasteiger partial charge in [-0.3, -0.25) is 0 Å². The van der Waals surface area contributed by atoms with E-state index in [0.717, 1.165) is 12.3 Å². The largest absolute Gasteiger partial charge is 0.327 e. The Morgan fingerprint density at radius 2 is 2.33 bits per heavy atom. The Balaban J connectivity index is 1.93. The zero-order valence-electron chi connectivity index (χ0n) is 6.79. The summed E-state index contributed by atoms with van der Waals surface area (Å²) in [5.74, 6) is 0.811. The highest BCUT2D eigenvalue weighted by atomic mass is 79.9. The Morgan fingerprint density at radius 3 is 2.83 bits per heavy atom. The molecule has 12 heavy (non-hydrogen) atoms. The van der Waals surface area contributed by atoms with Gasteiger partial charge in [-0.15, -0.1) is 11.3 Å². The van der Waals surface area contributed by atoms with Gasteiger partial charge in [-0.1, -0.05) is 0 Å². The van der Waals surface area contributed by atoms with Crippen LogP contribution in [0, 0.1) is 5.92 Å². The van der Waals surface area contributed by atoms with Crippen molar-refractivity contribution in [3.8, 4) is 0 Å². The van der Waals surface area contributed by atoms with E-state index in [1.54, 1.807) is 11.3 Å². The molecule has 0 bridgehead atoms. The number of halogens is 1. The van der Waals surface area contributed by atoms with E-state index in [2.05, 4.69) is 28.1 Å². The highest BCUT2D eigenvalue weighted by Crippen LogP contribution is 2.34. The van der Waals surface area contributed by atoms with Crippen molar-refractivity contribution in [2.45, 2.75) is 25.3 Å². The molecule has 0 spiro atoms. The lowest BCUT2D eigenvalue weighted by atomic mass is 10.1. The molecule has 1 fully saturated rings. The molecule has 2 rings (SSSR count). The first-order valence-corrected chi connectivity index (χ1v) is 5.86. The van der Waals surface area contributed by atoms with Crippen LogP contribution in [0.4, 0.5) is 0 Å². The highest BCUT2D eigenvalue weighted by Gasteiger charge is 2.28. The van der Waals surface area contributed by atoms with Crippen LogP contribution in [0.25, 0.3) is 0 Å². The first-order chi connectivity index (χ1) is 5.75. The molecule has 66 valence electrons. The lowest BCUT2D eigenvalue weighted by molar-refractivity contribution is 0.596. The van der Waals surface area contributed by atoms with Crippen LogP contribution in [0.2, 0.25) is 0 Å². The number of hydrogen-bond acceptors (Lipinski definition) is 2. The summed E-state index contributed by atoms with van der Waals surface area (Å²) in [6.45, 7) is 0. The molecular formula is C9H12BrNS. The third-order valence-electron chi connectivity index (χ3n) is 2.29. The van der Waals surface area contributed by atoms with Crippen molar-refractivity contribution in [2.24, 2.45) is 11.7 Å². The first-order valence-electron chi connectivity index (χ1n) is 4.25. The molecule has 0 radical (unpaired) electrons. The average Bonchev–Trinajstić information content (AvgIpc) is 2.78. The predicted molar refractivity (Wildman–Crippen MR) is 56.4 cm³/mol. The summed E-state index contributed by atoms with van der Waals surface area (Å²) in [6, 6.07) is 4.66. The minimum Gasteiger partial charge on any atom is -0.327 e. The van der Waals surface area contributed by atoms with Crippen LogP contribution in [0.15, 0.2) is 15.9 Å². The smallest absolute Gasteiger partial charge is 0.0701 e. The van der Waals surface area contributed by atoms with Crippen LogP contribution >= 0.6 is 27.3 Å². The molecule has 1 nitrogen and oxygen atoms in total. The molecule has 1 saturated carbocycles. The van der Waals surface area contributed by atoms with Gasteiger partial charge in [-0.25, -0.2) is 0 Å². The van der Waals surface area contributed by atoms with Gasteiger partial charge in [0.15, 0.2) is 0 Å². The first kappa shape index (κ1) is 8.73. The summed E-state index contributed by atoms with van der Waals surface area (Å²) in [5, 5.41) is 0. The number of nitrogens with two attached hydrogens (primary N) is 1. The molecule has 1 heterocycles. The lowest BCUT2D eigenvalue weighted by Gasteiger charge is -2.06. The van der Waals surface area contributed by atoms with E-state index in [0.29, 0.717) is 6.04 Å². The normalized spacial score (nSPS) is 19.5. The monoisotopic (exact) mass is 245 g/mol. The maximum absolute atomic E-state index is 6.01. The molecule has 0 aliphatic heterocycles. The van der Waals surface area contributed by atoms with Gasteiger partial charge >= 0.3 is 0 Å². The van der Waals surface area contributed by atoms with Crippen molar-refractivity contribution >= 4 is 27.3 Å². The summed E-state index contributed by atoms with van der Waals surface area (Å²) in [6.07, 6.45) is 3.74. The molecule has 1 aromatic heterocycles. The van der Waals surface area contributed by atoms with E-state index in [1.165, 1.54) is 21.5 Å². The van der Waals surface area contributed by atoms with Crippen molar-refractivity contribution in [1.29, 1.82) is 0 Å². The van der Waals surface area contributed by atoms with E-state index >= 15 is 0 Å². The van der Waals surface area contributed by atoms with Crippen molar-refractivity contribution in [1.82, 2.24) is 0 Å². The Morgan fingerprint density at radius 1 is 1.58 bits per heavy atom. The minimum absolute atomic E-state index is 0.399. The van der Waals surface area contributed by atoms with Crippen LogP contribution < -0.4 is 5.73 Å². The minimum atomic E-state index is 0.399. The maximum atomic E-state index is 6.01. The fraction of sp³-hybridized carbons (Fsp3) is 0.556. The summed E-state index contributed by atoms with van der Waals surface area (Å²) in [7, 11) is 0. The van der Waals surface area contributed by atoms with Gasteiger partial charge in [0.05, 0.1) is 3.79 Å². The molecule has 1 atom stereocenters. The van der Waals surface area contributed by atoms with Crippen molar-refractivity contribution in [2.75, 3.05) is 0 Å². The molecule has 3 heteroatoms. The number of thiophene rings is 1. The predicted octanol–water partition coefficient (Wildman–Crippen LogP) is 2.79. The van der Waals surface area contributed by atoms with Crippen LogP contribution in [0.1, 0.15) is 17.7 Å². The second-order valence-electron chi connectivity index (χ2n) is 3.41. The maximum Gasteiger partial charge on any atom is 0.0701 e. The average molecular weight is 246 g/mol. The molecule has 0 aromatic carbocycles. The zero-order chi connectivity index (χ0) is 8.55. The SMILES string of the molecule is NC(Cc1ccc(Br)s1)C1CC1. The lowest BCUT2D eigenvalue weighted by Crippen LogP contribution is -2.24. The molecule has 1 aliphatic carbocycles. The standard InChI is InChI=1S/C9H12BrNS/c10-9-4-3-7(12-9)5-8(11)6-1-2-6/h3-4,6,8H,1-2,5,11H2. The van der Waals surface area contributed by atoms with E-state index < -0.39 is 0 Å². The van der Waals surface area contributed by atoms with E-state index in [1.807, 2.05) is 0 Å². The van der Waals surface area contributed by atoms with Gasteiger partial charge in [0.2, 0.25) is 0 Å². The molecule has 0 amide bonds. The summed E-state index contributed by atoms with van der Waals surface area (Å²) in [4.78, 5) is 1.40. The fourth-order valence-corrected chi connectivity index (χ4v) is 2.94. The fourth-order valence-electron chi connectivity index (χ4n) is 1.38. The van der Waals surface area contributed by atoms with E-state index in [-0.39, 0.29) is 0 Å². The van der Waals surface area contributed by atoms with Gasteiger partial charge in [0.25, 0.3) is 0 Å². The van der Waals surface area contributed by atoms with Gasteiger partial charge in [0, 0.05) is 10.9 Å². The van der Waals surface area contributed by atoms with Gasteiger partial charge in [-0.05, 0) is 53.2 Å². The second kappa shape index (κ2) is 3.48. The van der Waals surface area contributed by atoms with Crippen molar-refractivity contribution in [3.63, 3.8) is 0 Å². The quantitative estimate of drug-likeness (QED) is 0.871. The number of hydrogen-bond donors (Lipinski definition) is 1. The highest BCUT2D eigenvalue weighted by molar-refractivity contribution is 9.11. The Hall–Kier alpha value is 0.140. The van der Waals surface area contributed by atoms with Crippen LogP contribution in [0.5, 0.6) is 0 Å². The third kappa shape index (κ3) is 2.09. The molecule has 1 aliphatic rings. The molecule has 2 N–H and O–H groups in total. The Bertz CT molecular complexity index is 267. The van der Waals surface area contributed by atoms with Gasteiger partial charge in [-0.2, -0.15) is 0 Å². The van der Waals surface area contributed by atoms with Crippen molar-refractivity contribution < 1.29 is 0 Å². The van der Waals surface area contributed by atoms with Crippen molar-refractivity contribution in [3.05, 3.63) is 20.8 Å². The Kier molecular flexibility index (Phi) is 2.53.